The third-order valence-electron chi connectivity index (χ3n) is 8.35. The van der Waals surface area contributed by atoms with Crippen LogP contribution in [-0.4, -0.2) is 17.0 Å². The van der Waals surface area contributed by atoms with Gasteiger partial charge in [-0.15, -0.1) is 0 Å². The highest BCUT2D eigenvalue weighted by atomic mass is 16.3. The van der Waals surface area contributed by atoms with Crippen LogP contribution in [0.3, 0.4) is 0 Å². The number of Topliss-reactive ketones (excluding diaryl/α,β-unsaturated/α-hetero) is 1. The highest BCUT2D eigenvalue weighted by molar-refractivity contribution is 5.87. The molecule has 4 aliphatic carbocycles. The largest absolute Gasteiger partial charge is 0.393 e. The monoisotopic (exact) mass is 290 g/mol. The fourth-order valence-electron chi connectivity index (χ4n) is 7.01. The van der Waals surface area contributed by atoms with E-state index in [9.17, 15) is 9.90 Å². The Hall–Kier alpha value is -0.370. The van der Waals surface area contributed by atoms with Gasteiger partial charge in [0.05, 0.1) is 6.10 Å². The second-order valence-electron chi connectivity index (χ2n) is 9.00. The van der Waals surface area contributed by atoms with Crippen molar-refractivity contribution in [1.29, 1.82) is 0 Å². The van der Waals surface area contributed by atoms with E-state index >= 15 is 0 Å². The number of ketones is 1. The first kappa shape index (κ1) is 14.2. The van der Waals surface area contributed by atoms with Gasteiger partial charge in [-0.05, 0) is 80.5 Å². The Balaban J connectivity index is 1.64. The minimum absolute atomic E-state index is 0.0124. The number of hydrogen-bond donors (Lipinski definition) is 1. The predicted octanol–water partition coefficient (Wildman–Crippen LogP) is 3.96. The van der Waals surface area contributed by atoms with E-state index in [1.165, 1.54) is 25.7 Å². The van der Waals surface area contributed by atoms with Crippen molar-refractivity contribution >= 4 is 5.78 Å². The number of carbonyl (C=O) groups excluding carboxylic acids is 1. The molecule has 0 radical (unpaired) electrons. The third-order valence-corrected chi connectivity index (χ3v) is 8.35. The summed E-state index contributed by atoms with van der Waals surface area (Å²) in [5.41, 5.74) is 0.452. The van der Waals surface area contributed by atoms with E-state index in [2.05, 4.69) is 13.8 Å². The van der Waals surface area contributed by atoms with Crippen LogP contribution >= 0.6 is 0 Å². The fourth-order valence-corrected chi connectivity index (χ4v) is 7.01. The maximum atomic E-state index is 12.4. The molecule has 0 amide bonds. The van der Waals surface area contributed by atoms with E-state index in [1.54, 1.807) is 0 Å². The van der Waals surface area contributed by atoms with Gasteiger partial charge in [-0.2, -0.15) is 0 Å². The summed E-state index contributed by atoms with van der Waals surface area (Å²) >= 11 is 0. The molecule has 0 aliphatic heterocycles. The van der Waals surface area contributed by atoms with Gasteiger partial charge in [0.1, 0.15) is 5.78 Å². The Morgan fingerprint density at radius 3 is 2.62 bits per heavy atom. The minimum atomic E-state index is -0.0541. The molecular weight excluding hydrogens is 260 g/mol. The van der Waals surface area contributed by atoms with Crippen LogP contribution in [0.1, 0.15) is 71.6 Å². The van der Waals surface area contributed by atoms with Crippen molar-refractivity contribution in [1.82, 2.24) is 0 Å². The number of aliphatic hydroxyl groups excluding tert-OH is 1. The van der Waals surface area contributed by atoms with Crippen molar-refractivity contribution in [2.24, 2.45) is 34.5 Å². The zero-order valence-electron chi connectivity index (χ0n) is 13.6. The molecule has 0 aromatic carbocycles. The summed E-state index contributed by atoms with van der Waals surface area (Å²) in [4.78, 5) is 12.4. The first-order valence-corrected chi connectivity index (χ1v) is 9.16. The highest BCUT2D eigenvalue weighted by Gasteiger charge is 2.60. The van der Waals surface area contributed by atoms with Crippen LogP contribution in [0.4, 0.5) is 0 Å². The van der Waals surface area contributed by atoms with Crippen LogP contribution in [0.15, 0.2) is 0 Å². The molecule has 4 rings (SSSR count). The van der Waals surface area contributed by atoms with Crippen molar-refractivity contribution in [3.05, 3.63) is 0 Å². The molecule has 0 aromatic heterocycles. The lowest BCUT2D eigenvalue weighted by molar-refractivity contribution is -0.142. The van der Waals surface area contributed by atoms with Crippen LogP contribution < -0.4 is 0 Å². The number of aliphatic hydroxyl groups is 1. The summed E-state index contributed by atoms with van der Waals surface area (Å²) in [7, 11) is 0. The van der Waals surface area contributed by atoms with Gasteiger partial charge < -0.3 is 5.11 Å². The van der Waals surface area contributed by atoms with Gasteiger partial charge in [-0.3, -0.25) is 4.79 Å². The number of hydrogen-bond acceptors (Lipinski definition) is 2. The molecule has 3 unspecified atom stereocenters. The zero-order chi connectivity index (χ0) is 14.8. The van der Waals surface area contributed by atoms with Gasteiger partial charge in [-0.25, -0.2) is 0 Å². The number of carbonyl (C=O) groups is 1. The maximum Gasteiger partial charge on any atom is 0.139 e. The molecule has 0 bridgehead atoms. The first-order chi connectivity index (χ1) is 9.95. The second-order valence-corrected chi connectivity index (χ2v) is 9.00. The first-order valence-electron chi connectivity index (χ1n) is 9.16. The van der Waals surface area contributed by atoms with Crippen LogP contribution in [0.2, 0.25) is 0 Å². The quantitative estimate of drug-likeness (QED) is 0.733. The molecule has 0 heterocycles. The Labute approximate surface area is 128 Å². The van der Waals surface area contributed by atoms with Crippen molar-refractivity contribution in [3.8, 4) is 0 Å². The summed E-state index contributed by atoms with van der Waals surface area (Å²) in [6.07, 6.45) is 10.1. The standard InChI is InChI=1S/C19H30O2/c1-18-9-7-13(20)11-12(18)3-4-14-15-5-6-17(21)19(15,2)10-8-16(14)18/h12-16,20H,3-11H2,1-2H3/t12-,13-,14?,15?,16?,18-,19-/m1/s1. The molecule has 2 heteroatoms. The molecule has 4 fully saturated rings. The van der Waals surface area contributed by atoms with Gasteiger partial charge >= 0.3 is 0 Å². The van der Waals surface area contributed by atoms with Crippen LogP contribution in [0.25, 0.3) is 0 Å². The lowest BCUT2D eigenvalue weighted by Gasteiger charge is -2.60. The smallest absolute Gasteiger partial charge is 0.139 e. The van der Waals surface area contributed by atoms with Crippen LogP contribution in [-0.2, 0) is 4.79 Å². The summed E-state index contributed by atoms with van der Waals surface area (Å²) in [6.45, 7) is 4.78. The Bertz CT molecular complexity index is 458. The third kappa shape index (κ3) is 1.84. The van der Waals surface area contributed by atoms with Crippen LogP contribution in [0, 0.1) is 34.5 Å². The summed E-state index contributed by atoms with van der Waals surface area (Å²) in [6, 6.07) is 0. The molecule has 0 aromatic rings. The Kier molecular flexibility index (Phi) is 3.10. The average Bonchev–Trinajstić information content (AvgIpc) is 2.76. The molecule has 21 heavy (non-hydrogen) atoms. The molecule has 4 aliphatic rings. The molecule has 2 nitrogen and oxygen atoms in total. The van der Waals surface area contributed by atoms with Crippen molar-refractivity contribution in [3.63, 3.8) is 0 Å². The lowest BCUT2D eigenvalue weighted by Crippen LogP contribution is -2.54. The van der Waals surface area contributed by atoms with Crippen LogP contribution in [0.5, 0.6) is 0 Å². The van der Waals surface area contributed by atoms with E-state index in [-0.39, 0.29) is 11.5 Å². The van der Waals surface area contributed by atoms with E-state index in [1.807, 2.05) is 0 Å². The van der Waals surface area contributed by atoms with E-state index in [4.69, 9.17) is 0 Å². The van der Waals surface area contributed by atoms with E-state index in [0.29, 0.717) is 17.1 Å². The topological polar surface area (TPSA) is 37.3 Å². The van der Waals surface area contributed by atoms with E-state index < -0.39 is 0 Å². The van der Waals surface area contributed by atoms with Gasteiger partial charge in [0.25, 0.3) is 0 Å². The second kappa shape index (κ2) is 4.57. The molecule has 118 valence electrons. The summed E-state index contributed by atoms with van der Waals surface area (Å²) in [5.74, 6) is 3.54. The molecule has 4 saturated carbocycles. The number of rotatable bonds is 0. The Morgan fingerprint density at radius 1 is 1.00 bits per heavy atom. The molecule has 0 spiro atoms. The van der Waals surface area contributed by atoms with Crippen molar-refractivity contribution in [2.45, 2.75) is 77.7 Å². The fraction of sp³-hybridized carbons (Fsp3) is 0.947. The molecular formula is C19H30O2. The number of fused-ring (bicyclic) bond motifs is 5. The molecule has 7 atom stereocenters. The average molecular weight is 290 g/mol. The van der Waals surface area contributed by atoms with E-state index in [0.717, 1.165) is 49.9 Å². The van der Waals surface area contributed by atoms with Gasteiger partial charge in [0.2, 0.25) is 0 Å². The normalized spacial score (nSPS) is 56.5. The van der Waals surface area contributed by atoms with Crippen molar-refractivity contribution in [2.75, 3.05) is 0 Å². The SMILES string of the molecule is C[C@@]12CCC3C(CC[C@@H]4C[C@H](O)CC[C@@]34C)C1CCC2=O. The lowest BCUT2D eigenvalue weighted by atomic mass is 9.45. The Morgan fingerprint density at radius 2 is 1.81 bits per heavy atom. The highest BCUT2D eigenvalue weighted by Crippen LogP contribution is 2.65. The predicted molar refractivity (Wildman–Crippen MR) is 82.7 cm³/mol. The van der Waals surface area contributed by atoms with Crippen molar-refractivity contribution < 1.29 is 9.90 Å². The summed E-state index contributed by atoms with van der Waals surface area (Å²) < 4.78 is 0. The summed E-state index contributed by atoms with van der Waals surface area (Å²) in [5, 5.41) is 10.0. The zero-order valence-corrected chi connectivity index (χ0v) is 13.6. The maximum absolute atomic E-state index is 12.4. The van der Waals surface area contributed by atoms with Gasteiger partial charge in [-0.1, -0.05) is 13.8 Å². The molecule has 1 N–H and O–H groups in total. The molecule has 0 saturated heterocycles. The van der Waals surface area contributed by atoms with Gasteiger partial charge in [0.15, 0.2) is 0 Å². The van der Waals surface area contributed by atoms with Gasteiger partial charge in [0, 0.05) is 11.8 Å². The minimum Gasteiger partial charge on any atom is -0.393 e.